The van der Waals surface area contributed by atoms with Crippen molar-refractivity contribution in [2.24, 2.45) is 5.92 Å². The Bertz CT molecular complexity index is 974. The monoisotopic (exact) mass is 378 g/mol. The molecule has 0 atom stereocenters. The van der Waals surface area contributed by atoms with Gasteiger partial charge in [0.15, 0.2) is 5.65 Å². The van der Waals surface area contributed by atoms with Gasteiger partial charge >= 0.3 is 0 Å². The molecule has 0 saturated heterocycles. The molecule has 3 aromatic rings. The molecule has 7 nitrogen and oxygen atoms in total. The summed E-state index contributed by atoms with van der Waals surface area (Å²) < 4.78 is 1.85. The molecule has 0 spiro atoms. The molecule has 0 aliphatic heterocycles. The summed E-state index contributed by atoms with van der Waals surface area (Å²) in [6.07, 6.45) is 5.74. The maximum absolute atomic E-state index is 12.0. The average molecular weight is 378 g/mol. The lowest BCUT2D eigenvalue weighted by Crippen LogP contribution is -2.37. The fourth-order valence-corrected chi connectivity index (χ4v) is 3.30. The van der Waals surface area contributed by atoms with Gasteiger partial charge in [0.2, 0.25) is 5.91 Å². The summed E-state index contributed by atoms with van der Waals surface area (Å²) in [6.45, 7) is 5.29. The van der Waals surface area contributed by atoms with E-state index in [9.17, 15) is 4.79 Å². The smallest absolute Gasteiger partial charge is 0.223 e. The number of rotatable bonds is 7. The van der Waals surface area contributed by atoms with Gasteiger partial charge in [-0.25, -0.2) is 14.6 Å². The second-order valence-corrected chi connectivity index (χ2v) is 7.32. The van der Waals surface area contributed by atoms with Gasteiger partial charge in [-0.3, -0.25) is 4.79 Å². The van der Waals surface area contributed by atoms with Crippen molar-refractivity contribution in [1.29, 1.82) is 0 Å². The number of anilines is 1. The third kappa shape index (κ3) is 3.69. The molecular formula is C21H26N6O. The standard InChI is InChI=1S/C21H26N6O/c1-3-18-25-19(22-11-12-23-21(28)15-5-4-6-15)17-13-24-27(20(17)26-18)16-9-7-14(2)8-10-16/h7-10,13,15H,3-6,11-12H2,1-2H3,(H,23,28)(H,22,25,26). The molecule has 146 valence electrons. The fourth-order valence-electron chi connectivity index (χ4n) is 3.30. The van der Waals surface area contributed by atoms with Gasteiger partial charge in [0.05, 0.1) is 17.3 Å². The van der Waals surface area contributed by atoms with E-state index >= 15 is 0 Å². The van der Waals surface area contributed by atoms with Crippen molar-refractivity contribution < 1.29 is 4.79 Å². The molecule has 2 heterocycles. The van der Waals surface area contributed by atoms with Crippen LogP contribution in [0.1, 0.15) is 37.6 Å². The van der Waals surface area contributed by atoms with Crippen molar-refractivity contribution in [1.82, 2.24) is 25.1 Å². The number of hydrogen-bond donors (Lipinski definition) is 2. The minimum atomic E-state index is 0.169. The van der Waals surface area contributed by atoms with Crippen molar-refractivity contribution in [3.05, 3.63) is 41.9 Å². The number of amides is 1. The molecule has 28 heavy (non-hydrogen) atoms. The van der Waals surface area contributed by atoms with Gasteiger partial charge in [0.1, 0.15) is 11.6 Å². The molecule has 1 fully saturated rings. The van der Waals surface area contributed by atoms with Crippen molar-refractivity contribution in [2.45, 2.75) is 39.5 Å². The zero-order valence-electron chi connectivity index (χ0n) is 16.4. The van der Waals surface area contributed by atoms with Crippen LogP contribution in [-0.4, -0.2) is 38.7 Å². The number of aryl methyl sites for hydroxylation is 2. The molecule has 7 heteroatoms. The largest absolute Gasteiger partial charge is 0.368 e. The van der Waals surface area contributed by atoms with Crippen LogP contribution >= 0.6 is 0 Å². The Kier molecular flexibility index (Phi) is 5.23. The van der Waals surface area contributed by atoms with Crippen LogP contribution < -0.4 is 10.6 Å². The van der Waals surface area contributed by atoms with Crippen LogP contribution in [0.15, 0.2) is 30.5 Å². The summed E-state index contributed by atoms with van der Waals surface area (Å²) >= 11 is 0. The Labute approximate surface area is 164 Å². The lowest BCUT2D eigenvalue weighted by molar-refractivity contribution is -0.127. The van der Waals surface area contributed by atoms with Crippen LogP contribution in [0.25, 0.3) is 16.7 Å². The summed E-state index contributed by atoms with van der Waals surface area (Å²) in [7, 11) is 0. The quantitative estimate of drug-likeness (QED) is 0.618. The topological polar surface area (TPSA) is 84.7 Å². The Balaban J connectivity index is 1.52. The van der Waals surface area contributed by atoms with E-state index in [2.05, 4.69) is 39.8 Å². The highest BCUT2D eigenvalue weighted by atomic mass is 16.1. The fraction of sp³-hybridized carbons (Fsp3) is 0.429. The van der Waals surface area contributed by atoms with E-state index in [0.29, 0.717) is 13.1 Å². The summed E-state index contributed by atoms with van der Waals surface area (Å²) in [4.78, 5) is 21.3. The molecule has 1 amide bonds. The van der Waals surface area contributed by atoms with Gasteiger partial charge in [0, 0.05) is 25.4 Å². The number of hydrogen-bond acceptors (Lipinski definition) is 5. The molecule has 1 aliphatic carbocycles. The number of carbonyl (C=O) groups is 1. The highest BCUT2D eigenvalue weighted by Crippen LogP contribution is 2.26. The predicted molar refractivity (Wildman–Crippen MR) is 110 cm³/mol. The zero-order valence-corrected chi connectivity index (χ0v) is 16.4. The van der Waals surface area contributed by atoms with Crippen LogP contribution in [0.5, 0.6) is 0 Å². The molecule has 0 radical (unpaired) electrons. The van der Waals surface area contributed by atoms with E-state index in [-0.39, 0.29) is 11.8 Å². The highest BCUT2D eigenvalue weighted by molar-refractivity contribution is 5.87. The van der Waals surface area contributed by atoms with Crippen LogP contribution in [0, 0.1) is 12.8 Å². The maximum atomic E-state index is 12.0. The van der Waals surface area contributed by atoms with E-state index in [1.165, 1.54) is 12.0 Å². The van der Waals surface area contributed by atoms with E-state index in [1.54, 1.807) is 6.20 Å². The van der Waals surface area contributed by atoms with E-state index in [4.69, 9.17) is 4.98 Å². The Morgan fingerprint density at radius 1 is 1.18 bits per heavy atom. The number of carbonyl (C=O) groups excluding carboxylic acids is 1. The Morgan fingerprint density at radius 3 is 2.64 bits per heavy atom. The molecule has 1 aliphatic rings. The Hall–Kier alpha value is -2.96. The van der Waals surface area contributed by atoms with Crippen molar-refractivity contribution in [2.75, 3.05) is 18.4 Å². The summed E-state index contributed by atoms with van der Waals surface area (Å²) in [6, 6.07) is 8.21. The van der Waals surface area contributed by atoms with Crippen LogP contribution in [0.2, 0.25) is 0 Å². The molecular weight excluding hydrogens is 352 g/mol. The lowest BCUT2D eigenvalue weighted by Gasteiger charge is -2.24. The zero-order chi connectivity index (χ0) is 19.5. The SMILES string of the molecule is CCc1nc(NCCNC(=O)C2CCC2)c2cnn(-c3ccc(C)cc3)c2n1. The molecule has 1 aromatic carbocycles. The maximum Gasteiger partial charge on any atom is 0.223 e. The Morgan fingerprint density at radius 2 is 1.96 bits per heavy atom. The summed E-state index contributed by atoms with van der Waals surface area (Å²) in [5.74, 6) is 1.91. The van der Waals surface area contributed by atoms with Gasteiger partial charge in [-0.2, -0.15) is 5.10 Å². The van der Waals surface area contributed by atoms with Crippen LogP contribution in [0.3, 0.4) is 0 Å². The number of nitrogens with zero attached hydrogens (tertiary/aromatic N) is 4. The summed E-state index contributed by atoms with van der Waals surface area (Å²) in [5, 5.41) is 11.8. The molecule has 1 saturated carbocycles. The number of aromatic nitrogens is 4. The average Bonchev–Trinajstić information content (AvgIpc) is 3.08. The third-order valence-electron chi connectivity index (χ3n) is 5.26. The number of benzene rings is 1. The van der Waals surface area contributed by atoms with Crippen molar-refractivity contribution >= 4 is 22.8 Å². The second-order valence-electron chi connectivity index (χ2n) is 7.32. The highest BCUT2D eigenvalue weighted by Gasteiger charge is 2.24. The van der Waals surface area contributed by atoms with Gasteiger partial charge in [-0.1, -0.05) is 31.0 Å². The molecule has 2 aromatic heterocycles. The number of fused-ring (bicyclic) bond motifs is 1. The van der Waals surface area contributed by atoms with Gasteiger partial charge < -0.3 is 10.6 Å². The van der Waals surface area contributed by atoms with Gasteiger partial charge in [-0.15, -0.1) is 0 Å². The van der Waals surface area contributed by atoms with E-state index in [0.717, 1.165) is 47.6 Å². The first-order valence-corrected chi connectivity index (χ1v) is 9.99. The second kappa shape index (κ2) is 7.96. The minimum Gasteiger partial charge on any atom is -0.368 e. The van der Waals surface area contributed by atoms with Crippen molar-refractivity contribution in [3.8, 4) is 5.69 Å². The normalized spacial score (nSPS) is 14.1. The lowest BCUT2D eigenvalue weighted by atomic mass is 9.85. The van der Waals surface area contributed by atoms with Gasteiger partial charge in [0.25, 0.3) is 0 Å². The van der Waals surface area contributed by atoms with Crippen LogP contribution in [-0.2, 0) is 11.2 Å². The number of nitrogens with one attached hydrogen (secondary N) is 2. The molecule has 0 unspecified atom stereocenters. The van der Waals surface area contributed by atoms with E-state index < -0.39 is 0 Å². The third-order valence-corrected chi connectivity index (χ3v) is 5.26. The van der Waals surface area contributed by atoms with Crippen molar-refractivity contribution in [3.63, 3.8) is 0 Å². The van der Waals surface area contributed by atoms with E-state index in [1.807, 2.05) is 23.7 Å². The first kappa shape index (κ1) is 18.4. The van der Waals surface area contributed by atoms with Gasteiger partial charge in [-0.05, 0) is 31.9 Å². The molecule has 2 N–H and O–H groups in total. The first-order chi connectivity index (χ1) is 13.7. The molecule has 4 rings (SSSR count). The summed E-state index contributed by atoms with van der Waals surface area (Å²) in [5.41, 5.74) is 2.96. The predicted octanol–water partition coefficient (Wildman–Crippen LogP) is 3.01. The minimum absolute atomic E-state index is 0.169. The van der Waals surface area contributed by atoms with Crippen LogP contribution in [0.4, 0.5) is 5.82 Å². The first-order valence-electron chi connectivity index (χ1n) is 9.99. The molecule has 0 bridgehead atoms.